The molecule has 0 aliphatic carbocycles. The Morgan fingerprint density at radius 3 is 2.86 bits per heavy atom. The highest BCUT2D eigenvalue weighted by Gasteiger charge is 2.09. The fourth-order valence-electron chi connectivity index (χ4n) is 2.16. The quantitative estimate of drug-likeness (QED) is 0.808. The van der Waals surface area contributed by atoms with Gasteiger partial charge in [0.15, 0.2) is 5.82 Å². The van der Waals surface area contributed by atoms with Crippen molar-refractivity contribution in [3.8, 4) is 11.9 Å². The zero-order chi connectivity index (χ0) is 15.5. The first-order valence-corrected chi connectivity index (χ1v) is 6.96. The second kappa shape index (κ2) is 5.88. The van der Waals surface area contributed by atoms with Crippen LogP contribution in [0, 0.1) is 11.3 Å². The van der Waals surface area contributed by atoms with Crippen LogP contribution in [0.4, 0.5) is 0 Å². The standard InChI is InChI=1S/C16H11ClN4O/c17-14-4-2-1-3-12(14)8-13-9-16(22)21(20-13)15-7-11(10-18)5-6-19-15/h1-7,9,20H,8H2. The van der Waals surface area contributed by atoms with E-state index in [9.17, 15) is 4.79 Å². The Morgan fingerprint density at radius 2 is 2.09 bits per heavy atom. The van der Waals surface area contributed by atoms with Gasteiger partial charge in [0.25, 0.3) is 5.56 Å². The Labute approximate surface area is 131 Å². The van der Waals surface area contributed by atoms with Crippen molar-refractivity contribution < 1.29 is 0 Å². The Morgan fingerprint density at radius 1 is 1.27 bits per heavy atom. The second-order valence-electron chi connectivity index (χ2n) is 4.74. The molecule has 5 nitrogen and oxygen atoms in total. The molecule has 0 saturated heterocycles. The smallest absolute Gasteiger partial charge is 0.272 e. The van der Waals surface area contributed by atoms with Gasteiger partial charge in [0.1, 0.15) is 0 Å². The second-order valence-corrected chi connectivity index (χ2v) is 5.14. The number of aromatic nitrogens is 3. The molecule has 3 rings (SSSR count). The van der Waals surface area contributed by atoms with Crippen molar-refractivity contribution in [2.24, 2.45) is 0 Å². The third kappa shape index (κ3) is 2.78. The largest absolute Gasteiger partial charge is 0.293 e. The predicted octanol–water partition coefficient (Wildman–Crippen LogP) is 2.68. The molecule has 2 heterocycles. The topological polar surface area (TPSA) is 74.5 Å². The van der Waals surface area contributed by atoms with Crippen molar-refractivity contribution in [2.75, 3.05) is 0 Å². The van der Waals surface area contributed by atoms with E-state index in [1.165, 1.54) is 16.9 Å². The molecule has 0 aliphatic heterocycles. The summed E-state index contributed by atoms with van der Waals surface area (Å²) in [5.41, 5.74) is 1.86. The van der Waals surface area contributed by atoms with Crippen molar-refractivity contribution in [1.29, 1.82) is 5.26 Å². The van der Waals surface area contributed by atoms with Crippen LogP contribution < -0.4 is 5.56 Å². The maximum atomic E-state index is 12.1. The normalized spacial score (nSPS) is 10.4. The molecule has 6 heteroatoms. The summed E-state index contributed by atoms with van der Waals surface area (Å²) in [4.78, 5) is 16.2. The van der Waals surface area contributed by atoms with E-state index < -0.39 is 0 Å². The Balaban J connectivity index is 1.96. The van der Waals surface area contributed by atoms with E-state index in [1.54, 1.807) is 12.1 Å². The maximum Gasteiger partial charge on any atom is 0.272 e. The molecule has 1 aromatic carbocycles. The average molecular weight is 311 g/mol. The van der Waals surface area contributed by atoms with Crippen LogP contribution in [0.1, 0.15) is 16.8 Å². The van der Waals surface area contributed by atoms with Crippen molar-refractivity contribution in [3.63, 3.8) is 0 Å². The molecule has 0 bridgehead atoms. The zero-order valence-electron chi connectivity index (χ0n) is 11.5. The lowest BCUT2D eigenvalue weighted by Gasteiger charge is -2.03. The third-order valence-electron chi connectivity index (χ3n) is 3.22. The zero-order valence-corrected chi connectivity index (χ0v) is 12.2. The van der Waals surface area contributed by atoms with Gasteiger partial charge in [-0.1, -0.05) is 29.8 Å². The number of hydrogen-bond acceptors (Lipinski definition) is 3. The minimum atomic E-state index is -0.232. The number of nitriles is 1. The number of pyridine rings is 1. The van der Waals surface area contributed by atoms with Crippen molar-refractivity contribution in [1.82, 2.24) is 14.8 Å². The van der Waals surface area contributed by atoms with Gasteiger partial charge in [-0.2, -0.15) is 5.26 Å². The monoisotopic (exact) mass is 310 g/mol. The van der Waals surface area contributed by atoms with Gasteiger partial charge < -0.3 is 0 Å². The highest BCUT2D eigenvalue weighted by Crippen LogP contribution is 2.17. The number of rotatable bonds is 3. The van der Waals surface area contributed by atoms with Crippen molar-refractivity contribution >= 4 is 11.6 Å². The summed E-state index contributed by atoms with van der Waals surface area (Å²) in [6.45, 7) is 0. The summed E-state index contributed by atoms with van der Waals surface area (Å²) in [6, 6.07) is 14.1. The summed E-state index contributed by atoms with van der Waals surface area (Å²) in [5, 5.41) is 12.6. The van der Waals surface area contributed by atoms with Crippen LogP contribution in [0.15, 0.2) is 53.5 Å². The minimum Gasteiger partial charge on any atom is -0.293 e. The van der Waals surface area contributed by atoms with Crippen LogP contribution in [0.3, 0.4) is 0 Å². The highest BCUT2D eigenvalue weighted by molar-refractivity contribution is 6.31. The van der Waals surface area contributed by atoms with Gasteiger partial charge >= 0.3 is 0 Å². The molecule has 0 amide bonds. The molecule has 0 aliphatic rings. The molecule has 0 saturated carbocycles. The van der Waals surface area contributed by atoms with Crippen LogP contribution in [0.2, 0.25) is 5.02 Å². The first-order chi connectivity index (χ1) is 10.7. The molecule has 0 radical (unpaired) electrons. The van der Waals surface area contributed by atoms with Gasteiger partial charge in [-0.25, -0.2) is 9.67 Å². The molecule has 0 atom stereocenters. The number of halogens is 1. The molecular weight excluding hydrogens is 300 g/mol. The summed E-state index contributed by atoms with van der Waals surface area (Å²) in [7, 11) is 0. The SMILES string of the molecule is N#Cc1ccnc(-n2[nH]c(Cc3ccccc3Cl)cc2=O)c1. The summed E-state index contributed by atoms with van der Waals surface area (Å²) < 4.78 is 1.31. The molecule has 2 aromatic heterocycles. The van der Waals surface area contributed by atoms with Gasteiger partial charge in [0.05, 0.1) is 11.6 Å². The van der Waals surface area contributed by atoms with Gasteiger partial charge in [0, 0.05) is 35.5 Å². The Hall–Kier alpha value is -2.84. The first kappa shape index (κ1) is 14.1. The number of aromatic amines is 1. The number of nitrogens with zero attached hydrogens (tertiary/aromatic N) is 3. The van der Waals surface area contributed by atoms with Gasteiger partial charge in [-0.3, -0.25) is 9.89 Å². The van der Waals surface area contributed by atoms with Crippen LogP contribution >= 0.6 is 11.6 Å². The van der Waals surface area contributed by atoms with E-state index in [2.05, 4.69) is 10.1 Å². The minimum absolute atomic E-state index is 0.232. The van der Waals surface area contributed by atoms with Crippen LogP contribution in [0.5, 0.6) is 0 Å². The average Bonchev–Trinajstić information content (AvgIpc) is 2.90. The fraction of sp³-hybridized carbons (Fsp3) is 0.0625. The molecule has 0 spiro atoms. The Bertz CT molecular complexity index is 920. The van der Waals surface area contributed by atoms with E-state index in [-0.39, 0.29) is 5.56 Å². The summed E-state index contributed by atoms with van der Waals surface area (Å²) in [6.07, 6.45) is 2.01. The van der Waals surface area contributed by atoms with E-state index in [1.807, 2.05) is 30.3 Å². The fourth-order valence-corrected chi connectivity index (χ4v) is 2.37. The highest BCUT2D eigenvalue weighted by atomic mass is 35.5. The molecule has 3 aromatic rings. The van der Waals surface area contributed by atoms with Crippen molar-refractivity contribution in [2.45, 2.75) is 6.42 Å². The molecular formula is C16H11ClN4O. The van der Waals surface area contributed by atoms with E-state index in [0.29, 0.717) is 22.8 Å². The van der Waals surface area contributed by atoms with Crippen LogP contribution in [-0.2, 0) is 6.42 Å². The van der Waals surface area contributed by atoms with Crippen molar-refractivity contribution in [3.05, 3.63) is 80.9 Å². The first-order valence-electron chi connectivity index (χ1n) is 6.58. The summed E-state index contributed by atoms with van der Waals surface area (Å²) in [5.74, 6) is 0.384. The molecule has 108 valence electrons. The summed E-state index contributed by atoms with van der Waals surface area (Å²) >= 11 is 6.13. The molecule has 0 unspecified atom stereocenters. The van der Waals surface area contributed by atoms with Crippen LogP contribution in [0.25, 0.3) is 5.82 Å². The van der Waals surface area contributed by atoms with Gasteiger partial charge in [-0.15, -0.1) is 0 Å². The molecule has 0 fully saturated rings. The molecule has 1 N–H and O–H groups in total. The lowest BCUT2D eigenvalue weighted by molar-refractivity contribution is 0.798. The van der Waals surface area contributed by atoms with E-state index in [0.717, 1.165) is 11.3 Å². The Kier molecular flexibility index (Phi) is 3.77. The van der Waals surface area contributed by atoms with E-state index in [4.69, 9.17) is 16.9 Å². The van der Waals surface area contributed by atoms with Gasteiger partial charge in [-0.05, 0) is 17.7 Å². The van der Waals surface area contributed by atoms with Gasteiger partial charge in [0.2, 0.25) is 0 Å². The number of H-pyrrole nitrogens is 1. The lowest BCUT2D eigenvalue weighted by Crippen LogP contribution is -2.14. The number of nitrogens with one attached hydrogen (secondary N) is 1. The number of benzene rings is 1. The van der Waals surface area contributed by atoms with E-state index >= 15 is 0 Å². The number of hydrogen-bond donors (Lipinski definition) is 1. The molecule has 22 heavy (non-hydrogen) atoms. The maximum absolute atomic E-state index is 12.1. The third-order valence-corrected chi connectivity index (χ3v) is 3.58. The lowest BCUT2D eigenvalue weighted by atomic mass is 10.1. The predicted molar refractivity (Wildman–Crippen MR) is 83.2 cm³/mol. The van der Waals surface area contributed by atoms with Crippen LogP contribution in [-0.4, -0.2) is 14.8 Å².